The van der Waals surface area contributed by atoms with Gasteiger partial charge in [-0.3, -0.25) is 10.1 Å². The number of hydrogen-bond donors (Lipinski definition) is 1. The van der Waals surface area contributed by atoms with Crippen molar-refractivity contribution in [2.24, 2.45) is 0 Å². The Labute approximate surface area is 163 Å². The first-order valence-electron chi connectivity index (χ1n) is 9.20. The number of rotatable bonds is 3. The van der Waals surface area contributed by atoms with Gasteiger partial charge < -0.3 is 4.90 Å². The lowest BCUT2D eigenvalue weighted by Crippen LogP contribution is -2.30. The first kappa shape index (κ1) is 17.7. The summed E-state index contributed by atoms with van der Waals surface area (Å²) in [6.07, 6.45) is 3.55. The van der Waals surface area contributed by atoms with Crippen molar-refractivity contribution in [3.05, 3.63) is 47.5 Å². The van der Waals surface area contributed by atoms with Crippen LogP contribution in [0, 0.1) is 0 Å². The molecule has 0 unspecified atom stereocenters. The third-order valence-electron chi connectivity index (χ3n) is 4.80. The summed E-state index contributed by atoms with van der Waals surface area (Å²) in [5, 5.41) is 4.44. The van der Waals surface area contributed by atoms with E-state index < -0.39 is 0 Å². The van der Waals surface area contributed by atoms with Gasteiger partial charge in [0.05, 0.1) is 5.52 Å². The highest BCUT2D eigenvalue weighted by Gasteiger charge is 2.18. The van der Waals surface area contributed by atoms with Crippen molar-refractivity contribution >= 4 is 40.2 Å². The number of carbonyl (C=O) groups is 1. The Balaban J connectivity index is 1.84. The summed E-state index contributed by atoms with van der Waals surface area (Å²) >= 11 is 6.02. The Morgan fingerprint density at radius 3 is 2.41 bits per heavy atom. The third kappa shape index (κ3) is 3.88. The highest BCUT2D eigenvalue weighted by molar-refractivity contribution is 6.30. The van der Waals surface area contributed by atoms with Crippen molar-refractivity contribution in [2.75, 3.05) is 23.3 Å². The Morgan fingerprint density at radius 2 is 1.70 bits per heavy atom. The second-order valence-corrected chi connectivity index (χ2v) is 7.27. The number of halogens is 1. The van der Waals surface area contributed by atoms with Crippen LogP contribution < -0.4 is 10.2 Å². The summed E-state index contributed by atoms with van der Waals surface area (Å²) in [6, 6.07) is 14.0. The topological polar surface area (TPSA) is 58.1 Å². The Kier molecular flexibility index (Phi) is 4.94. The molecule has 0 atom stereocenters. The van der Waals surface area contributed by atoms with Gasteiger partial charge in [-0.05, 0) is 54.7 Å². The van der Waals surface area contributed by atoms with Gasteiger partial charge in [0.15, 0.2) is 0 Å². The lowest BCUT2D eigenvalue weighted by Gasteiger charge is -2.29. The fourth-order valence-electron chi connectivity index (χ4n) is 3.49. The molecule has 2 heterocycles. The molecule has 4 rings (SSSR count). The summed E-state index contributed by atoms with van der Waals surface area (Å²) in [7, 11) is 0. The molecule has 0 bridgehead atoms. The lowest BCUT2D eigenvalue weighted by molar-refractivity contribution is -0.114. The zero-order valence-electron chi connectivity index (χ0n) is 15.2. The van der Waals surface area contributed by atoms with Crippen LogP contribution in [0.3, 0.4) is 0 Å². The number of anilines is 2. The van der Waals surface area contributed by atoms with Crippen LogP contribution >= 0.6 is 11.6 Å². The summed E-state index contributed by atoms with van der Waals surface area (Å²) in [5.41, 5.74) is 3.01. The Bertz CT molecular complexity index is 981. The molecule has 0 spiro atoms. The van der Waals surface area contributed by atoms with E-state index in [0.29, 0.717) is 5.95 Å². The fourth-order valence-corrected chi connectivity index (χ4v) is 3.62. The maximum absolute atomic E-state index is 11.5. The normalized spacial score (nSPS) is 14.4. The highest BCUT2D eigenvalue weighted by atomic mass is 35.5. The van der Waals surface area contributed by atoms with Gasteiger partial charge in [-0.15, -0.1) is 0 Å². The second-order valence-electron chi connectivity index (χ2n) is 6.84. The monoisotopic (exact) mass is 380 g/mol. The van der Waals surface area contributed by atoms with Crippen LogP contribution in [0.5, 0.6) is 0 Å². The first-order valence-corrected chi connectivity index (χ1v) is 9.58. The van der Waals surface area contributed by atoms with Crippen LogP contribution in [0.15, 0.2) is 42.5 Å². The van der Waals surface area contributed by atoms with E-state index in [1.165, 1.54) is 13.3 Å². The number of fused-ring (bicyclic) bond motifs is 1. The molecule has 0 radical (unpaired) electrons. The molecule has 3 aromatic rings. The minimum absolute atomic E-state index is 0.170. The minimum Gasteiger partial charge on any atom is -0.356 e. The molecule has 1 aliphatic rings. The lowest BCUT2D eigenvalue weighted by atomic mass is 10.0. The van der Waals surface area contributed by atoms with Crippen molar-refractivity contribution < 1.29 is 4.79 Å². The molecular formula is C21H21ClN4O. The van der Waals surface area contributed by atoms with Crippen LogP contribution in [-0.2, 0) is 4.79 Å². The molecule has 5 nitrogen and oxygen atoms in total. The molecule has 27 heavy (non-hydrogen) atoms. The third-order valence-corrected chi connectivity index (χ3v) is 5.05. The van der Waals surface area contributed by atoms with Gasteiger partial charge >= 0.3 is 0 Å². The summed E-state index contributed by atoms with van der Waals surface area (Å²) < 4.78 is 0. The van der Waals surface area contributed by atoms with Crippen LogP contribution in [-0.4, -0.2) is 29.0 Å². The zero-order chi connectivity index (χ0) is 18.8. The molecular weight excluding hydrogens is 360 g/mol. The SMILES string of the molecule is CC(=O)Nc1nc(N2CCCCC2)c2cc(-c3ccc(Cl)cc3)ccc2n1. The summed E-state index contributed by atoms with van der Waals surface area (Å²) in [4.78, 5) is 23.0. The maximum Gasteiger partial charge on any atom is 0.231 e. The van der Waals surface area contributed by atoms with Crippen LogP contribution in [0.25, 0.3) is 22.0 Å². The average molecular weight is 381 g/mol. The molecule has 138 valence electrons. The molecule has 2 aromatic carbocycles. The molecule has 1 saturated heterocycles. The number of aromatic nitrogens is 2. The van der Waals surface area contributed by atoms with Gasteiger partial charge in [0.1, 0.15) is 5.82 Å². The molecule has 1 amide bonds. The number of amides is 1. The smallest absolute Gasteiger partial charge is 0.231 e. The van der Waals surface area contributed by atoms with E-state index in [2.05, 4.69) is 26.3 Å². The van der Waals surface area contributed by atoms with E-state index in [9.17, 15) is 4.79 Å². The van der Waals surface area contributed by atoms with E-state index in [0.717, 1.165) is 58.8 Å². The van der Waals surface area contributed by atoms with E-state index in [1.807, 2.05) is 36.4 Å². The highest BCUT2D eigenvalue weighted by Crippen LogP contribution is 2.32. The van der Waals surface area contributed by atoms with Crippen LogP contribution in [0.4, 0.5) is 11.8 Å². The number of hydrogen-bond acceptors (Lipinski definition) is 4. The van der Waals surface area contributed by atoms with Gasteiger partial charge in [-0.1, -0.05) is 29.8 Å². The summed E-state index contributed by atoms with van der Waals surface area (Å²) in [6.45, 7) is 3.41. The van der Waals surface area contributed by atoms with Gasteiger partial charge in [0.25, 0.3) is 0 Å². The molecule has 0 saturated carbocycles. The standard InChI is InChI=1S/C21H21ClN4O/c1-14(27)23-21-24-19-10-7-16(15-5-8-17(22)9-6-15)13-18(19)20(25-21)26-11-3-2-4-12-26/h5-10,13H,2-4,11-12H2,1H3,(H,23,24,25,27). The Hall–Kier alpha value is -2.66. The number of carbonyl (C=O) groups excluding carboxylic acids is 1. The molecule has 1 fully saturated rings. The van der Waals surface area contributed by atoms with Crippen LogP contribution in [0.2, 0.25) is 5.02 Å². The predicted molar refractivity (Wildman–Crippen MR) is 110 cm³/mol. The molecule has 1 aromatic heterocycles. The minimum atomic E-state index is -0.170. The molecule has 0 aliphatic carbocycles. The van der Waals surface area contributed by atoms with Gasteiger partial charge in [-0.2, -0.15) is 4.98 Å². The van der Waals surface area contributed by atoms with Gasteiger partial charge in [0.2, 0.25) is 11.9 Å². The van der Waals surface area contributed by atoms with Crippen molar-refractivity contribution in [3.63, 3.8) is 0 Å². The quantitative estimate of drug-likeness (QED) is 0.702. The average Bonchev–Trinajstić information content (AvgIpc) is 2.68. The van der Waals surface area contributed by atoms with Gasteiger partial charge in [0, 0.05) is 30.4 Å². The van der Waals surface area contributed by atoms with E-state index >= 15 is 0 Å². The number of piperidine rings is 1. The fraction of sp³-hybridized carbons (Fsp3) is 0.286. The van der Waals surface area contributed by atoms with Crippen molar-refractivity contribution in [3.8, 4) is 11.1 Å². The predicted octanol–water partition coefficient (Wildman–Crippen LogP) is 4.90. The molecule has 6 heteroatoms. The van der Waals surface area contributed by atoms with E-state index in [4.69, 9.17) is 11.6 Å². The maximum atomic E-state index is 11.5. The van der Waals surface area contributed by atoms with Crippen molar-refractivity contribution in [1.29, 1.82) is 0 Å². The Morgan fingerprint density at radius 1 is 1.00 bits per heavy atom. The largest absolute Gasteiger partial charge is 0.356 e. The van der Waals surface area contributed by atoms with Gasteiger partial charge in [-0.25, -0.2) is 4.98 Å². The van der Waals surface area contributed by atoms with Crippen molar-refractivity contribution in [2.45, 2.75) is 26.2 Å². The second kappa shape index (κ2) is 7.53. The molecule has 1 aliphatic heterocycles. The summed E-state index contributed by atoms with van der Waals surface area (Å²) in [5.74, 6) is 1.07. The number of nitrogens with zero attached hydrogens (tertiary/aromatic N) is 3. The number of benzene rings is 2. The molecule has 1 N–H and O–H groups in total. The van der Waals surface area contributed by atoms with Crippen molar-refractivity contribution in [1.82, 2.24) is 9.97 Å². The number of nitrogens with one attached hydrogen (secondary N) is 1. The van der Waals surface area contributed by atoms with E-state index in [1.54, 1.807) is 0 Å². The van der Waals surface area contributed by atoms with E-state index in [-0.39, 0.29) is 5.91 Å². The zero-order valence-corrected chi connectivity index (χ0v) is 16.0. The first-order chi connectivity index (χ1) is 13.1. The van der Waals surface area contributed by atoms with Crippen LogP contribution in [0.1, 0.15) is 26.2 Å².